The zero-order chi connectivity index (χ0) is 18.9. The molecule has 3 aromatic heterocycles. The van der Waals surface area contributed by atoms with Crippen LogP contribution in [0.4, 0.5) is 0 Å². The number of aromatic nitrogens is 4. The zero-order valence-electron chi connectivity index (χ0n) is 16.2. The molecule has 4 aromatic rings. The van der Waals surface area contributed by atoms with E-state index in [1.54, 1.807) is 0 Å². The van der Waals surface area contributed by atoms with Gasteiger partial charge in [-0.1, -0.05) is 30.3 Å². The fraction of sp³-hybridized carbons (Fsp3) is 0.304. The van der Waals surface area contributed by atoms with Gasteiger partial charge in [0.1, 0.15) is 0 Å². The Balaban J connectivity index is 1.26. The SMILES string of the molecule is Cn1nc(-c2ccccc2)cc1CN1CCC(c2c[nH]c3cccnc23)CC1. The molecule has 5 nitrogen and oxygen atoms in total. The number of benzene rings is 1. The van der Waals surface area contributed by atoms with Crippen molar-refractivity contribution in [3.63, 3.8) is 0 Å². The second-order valence-corrected chi connectivity index (χ2v) is 7.70. The minimum atomic E-state index is 0.589. The van der Waals surface area contributed by atoms with Crippen molar-refractivity contribution in [2.45, 2.75) is 25.3 Å². The van der Waals surface area contributed by atoms with E-state index >= 15 is 0 Å². The van der Waals surface area contributed by atoms with Crippen molar-refractivity contribution in [2.75, 3.05) is 13.1 Å². The maximum Gasteiger partial charge on any atom is 0.0926 e. The van der Waals surface area contributed by atoms with Crippen LogP contribution >= 0.6 is 0 Å². The number of aromatic amines is 1. The number of hydrogen-bond acceptors (Lipinski definition) is 3. The van der Waals surface area contributed by atoms with Gasteiger partial charge in [0.05, 0.1) is 22.4 Å². The number of likely N-dealkylation sites (tertiary alicyclic amines) is 1. The average molecular weight is 371 g/mol. The third kappa shape index (κ3) is 3.22. The molecular weight excluding hydrogens is 346 g/mol. The van der Waals surface area contributed by atoms with Gasteiger partial charge >= 0.3 is 0 Å². The smallest absolute Gasteiger partial charge is 0.0926 e. The summed E-state index contributed by atoms with van der Waals surface area (Å²) in [6, 6.07) is 16.7. The molecule has 0 amide bonds. The Morgan fingerprint density at radius 1 is 1.07 bits per heavy atom. The van der Waals surface area contributed by atoms with Crippen LogP contribution < -0.4 is 0 Å². The Morgan fingerprint density at radius 3 is 2.71 bits per heavy atom. The van der Waals surface area contributed by atoms with E-state index in [9.17, 15) is 0 Å². The van der Waals surface area contributed by atoms with Gasteiger partial charge in [-0.15, -0.1) is 0 Å². The van der Waals surface area contributed by atoms with Gasteiger partial charge in [0.2, 0.25) is 0 Å². The molecule has 0 aliphatic carbocycles. The van der Waals surface area contributed by atoms with Crippen molar-refractivity contribution >= 4 is 11.0 Å². The molecule has 1 fully saturated rings. The topological polar surface area (TPSA) is 49.7 Å². The molecule has 0 unspecified atom stereocenters. The molecule has 5 rings (SSSR count). The highest BCUT2D eigenvalue weighted by Crippen LogP contribution is 2.32. The van der Waals surface area contributed by atoms with Crippen LogP contribution in [-0.4, -0.2) is 37.7 Å². The van der Waals surface area contributed by atoms with E-state index in [1.807, 2.05) is 30.1 Å². The van der Waals surface area contributed by atoms with Gasteiger partial charge in [0.15, 0.2) is 0 Å². The number of fused-ring (bicyclic) bond motifs is 1. The van der Waals surface area contributed by atoms with Crippen LogP contribution in [0.2, 0.25) is 0 Å². The molecule has 5 heteroatoms. The summed E-state index contributed by atoms with van der Waals surface area (Å²) in [5.41, 5.74) is 7.16. The first-order valence-electron chi connectivity index (χ1n) is 10.0. The van der Waals surface area contributed by atoms with E-state index in [4.69, 9.17) is 5.10 Å². The van der Waals surface area contributed by atoms with Crippen LogP contribution in [0, 0.1) is 0 Å². The summed E-state index contributed by atoms with van der Waals surface area (Å²) in [5, 5.41) is 4.71. The molecule has 0 spiro atoms. The number of piperidine rings is 1. The second kappa shape index (κ2) is 7.24. The van der Waals surface area contributed by atoms with Gasteiger partial charge in [-0.25, -0.2) is 0 Å². The van der Waals surface area contributed by atoms with E-state index in [1.165, 1.54) is 29.7 Å². The highest BCUT2D eigenvalue weighted by Gasteiger charge is 2.24. The summed E-state index contributed by atoms with van der Waals surface area (Å²) in [4.78, 5) is 10.5. The number of hydrogen-bond donors (Lipinski definition) is 1. The Bertz CT molecular complexity index is 1070. The number of aryl methyl sites for hydroxylation is 1. The number of H-pyrrole nitrogens is 1. The third-order valence-electron chi connectivity index (χ3n) is 5.92. The predicted octanol–water partition coefficient (Wildman–Crippen LogP) is 4.34. The molecule has 0 bridgehead atoms. The summed E-state index contributed by atoms with van der Waals surface area (Å²) < 4.78 is 2.03. The summed E-state index contributed by atoms with van der Waals surface area (Å²) in [7, 11) is 2.05. The Morgan fingerprint density at radius 2 is 1.89 bits per heavy atom. The van der Waals surface area contributed by atoms with Crippen molar-refractivity contribution in [1.29, 1.82) is 0 Å². The number of rotatable bonds is 4. The summed E-state index contributed by atoms with van der Waals surface area (Å²) in [6.45, 7) is 3.17. The lowest BCUT2D eigenvalue weighted by Crippen LogP contribution is -2.33. The van der Waals surface area contributed by atoms with Crippen molar-refractivity contribution in [2.24, 2.45) is 7.05 Å². The number of nitrogens with one attached hydrogen (secondary N) is 1. The maximum atomic E-state index is 4.71. The Kier molecular flexibility index (Phi) is 4.45. The van der Waals surface area contributed by atoms with Crippen molar-refractivity contribution < 1.29 is 0 Å². The van der Waals surface area contributed by atoms with Crippen LogP contribution in [-0.2, 0) is 13.6 Å². The Hall–Kier alpha value is -2.92. The molecule has 1 saturated heterocycles. The highest BCUT2D eigenvalue weighted by atomic mass is 15.3. The molecule has 1 N–H and O–H groups in total. The largest absolute Gasteiger partial charge is 0.360 e. The summed E-state index contributed by atoms with van der Waals surface area (Å²) in [6.07, 6.45) is 6.40. The monoisotopic (exact) mass is 371 g/mol. The molecule has 28 heavy (non-hydrogen) atoms. The lowest BCUT2D eigenvalue weighted by atomic mass is 9.90. The molecular formula is C23H25N5. The number of nitrogens with zero attached hydrogens (tertiary/aromatic N) is 4. The minimum absolute atomic E-state index is 0.589. The van der Waals surface area contributed by atoms with Crippen LogP contribution in [0.5, 0.6) is 0 Å². The van der Waals surface area contributed by atoms with Crippen LogP contribution in [0.25, 0.3) is 22.3 Å². The number of pyridine rings is 1. The van der Waals surface area contributed by atoms with Gasteiger partial charge in [-0.05, 0) is 55.6 Å². The van der Waals surface area contributed by atoms with E-state index in [-0.39, 0.29) is 0 Å². The third-order valence-corrected chi connectivity index (χ3v) is 5.92. The highest BCUT2D eigenvalue weighted by molar-refractivity contribution is 5.79. The van der Waals surface area contributed by atoms with E-state index in [0.29, 0.717) is 5.92 Å². The summed E-state index contributed by atoms with van der Waals surface area (Å²) in [5.74, 6) is 0.589. The first-order chi connectivity index (χ1) is 13.8. The van der Waals surface area contributed by atoms with Crippen molar-refractivity contribution in [3.05, 3.63) is 72.2 Å². The normalized spacial score (nSPS) is 16.0. The fourth-order valence-electron chi connectivity index (χ4n) is 4.32. The summed E-state index contributed by atoms with van der Waals surface area (Å²) >= 11 is 0. The molecule has 4 heterocycles. The van der Waals surface area contributed by atoms with Crippen LogP contribution in [0.1, 0.15) is 30.0 Å². The van der Waals surface area contributed by atoms with E-state index in [0.717, 1.165) is 36.4 Å². The van der Waals surface area contributed by atoms with Gasteiger partial charge in [0, 0.05) is 31.5 Å². The molecule has 142 valence electrons. The van der Waals surface area contributed by atoms with Crippen molar-refractivity contribution in [1.82, 2.24) is 24.6 Å². The van der Waals surface area contributed by atoms with Crippen LogP contribution in [0.3, 0.4) is 0 Å². The first kappa shape index (κ1) is 17.2. The second-order valence-electron chi connectivity index (χ2n) is 7.70. The molecule has 1 aliphatic heterocycles. The van der Waals surface area contributed by atoms with E-state index in [2.05, 4.69) is 57.5 Å². The lowest BCUT2D eigenvalue weighted by molar-refractivity contribution is 0.200. The standard InChI is InChI=1S/C23H25N5/c1-27-19(14-22(26-27)18-6-3-2-4-7-18)16-28-12-9-17(10-13-28)20-15-25-21-8-5-11-24-23(20)21/h2-8,11,14-15,17,25H,9-10,12-13,16H2,1H3. The lowest BCUT2D eigenvalue weighted by Gasteiger charge is -2.31. The molecule has 0 atom stereocenters. The van der Waals surface area contributed by atoms with Gasteiger partial charge in [0.25, 0.3) is 0 Å². The van der Waals surface area contributed by atoms with Gasteiger partial charge in [-0.3, -0.25) is 14.6 Å². The quantitative estimate of drug-likeness (QED) is 0.580. The maximum absolute atomic E-state index is 4.71. The molecule has 0 radical (unpaired) electrons. The zero-order valence-corrected chi connectivity index (χ0v) is 16.2. The molecule has 1 aliphatic rings. The minimum Gasteiger partial charge on any atom is -0.360 e. The van der Waals surface area contributed by atoms with E-state index < -0.39 is 0 Å². The average Bonchev–Trinajstić information content (AvgIpc) is 3.33. The predicted molar refractivity (Wildman–Crippen MR) is 112 cm³/mol. The van der Waals surface area contributed by atoms with Crippen LogP contribution in [0.15, 0.2) is 60.9 Å². The van der Waals surface area contributed by atoms with Crippen molar-refractivity contribution in [3.8, 4) is 11.3 Å². The fourth-order valence-corrected chi connectivity index (χ4v) is 4.32. The van der Waals surface area contributed by atoms with Gasteiger partial charge in [-0.2, -0.15) is 5.10 Å². The van der Waals surface area contributed by atoms with Gasteiger partial charge < -0.3 is 4.98 Å². The first-order valence-corrected chi connectivity index (χ1v) is 10.0. The molecule has 0 saturated carbocycles. The molecule has 1 aromatic carbocycles. The Labute approximate surface area is 165 Å².